The van der Waals surface area contributed by atoms with E-state index in [9.17, 15) is 9.90 Å². The lowest BCUT2D eigenvalue weighted by Crippen LogP contribution is -2.60. The van der Waals surface area contributed by atoms with Gasteiger partial charge in [-0.15, -0.1) is 0 Å². The second-order valence-electron chi connectivity index (χ2n) is 11.6. The molecule has 4 heteroatoms. The van der Waals surface area contributed by atoms with E-state index in [2.05, 4.69) is 39.8 Å². The van der Waals surface area contributed by atoms with Gasteiger partial charge in [0.2, 0.25) is 0 Å². The lowest BCUT2D eigenvalue weighted by molar-refractivity contribution is -0.222. The fourth-order valence-corrected chi connectivity index (χ4v) is 8.50. The van der Waals surface area contributed by atoms with Gasteiger partial charge in [0.25, 0.3) is 0 Å². The molecule has 1 N–H and O–H groups in total. The predicted molar refractivity (Wildman–Crippen MR) is 115 cm³/mol. The first kappa shape index (κ1) is 21.8. The molecule has 4 saturated carbocycles. The molecular formula is C25H43NO3. The predicted octanol–water partition coefficient (Wildman–Crippen LogP) is 4.50. The molecule has 2 unspecified atom stereocenters. The van der Waals surface area contributed by atoms with E-state index in [0.717, 1.165) is 25.2 Å². The number of nitrogens with zero attached hydrogens (tertiary/aromatic N) is 1. The molecule has 4 rings (SSSR count). The van der Waals surface area contributed by atoms with Gasteiger partial charge in [0, 0.05) is 12.3 Å². The van der Waals surface area contributed by atoms with E-state index in [4.69, 9.17) is 4.74 Å². The van der Waals surface area contributed by atoms with Gasteiger partial charge in [-0.3, -0.25) is 9.69 Å². The highest BCUT2D eigenvalue weighted by atomic mass is 16.5. The van der Waals surface area contributed by atoms with Crippen LogP contribution in [0.1, 0.15) is 79.1 Å². The molecule has 4 aliphatic carbocycles. The zero-order chi connectivity index (χ0) is 21.1. The largest absolute Gasteiger partial charge is 0.393 e. The Bertz CT molecular complexity index is 636. The van der Waals surface area contributed by atoms with Crippen molar-refractivity contribution in [1.29, 1.82) is 0 Å². The number of aliphatic hydroxyl groups excluding tert-OH is 1. The van der Waals surface area contributed by atoms with E-state index in [0.29, 0.717) is 23.5 Å². The Morgan fingerprint density at radius 3 is 2.45 bits per heavy atom. The molecule has 0 radical (unpaired) electrons. The van der Waals surface area contributed by atoms with Crippen LogP contribution in [0.25, 0.3) is 0 Å². The van der Waals surface area contributed by atoms with Crippen LogP contribution >= 0.6 is 0 Å². The van der Waals surface area contributed by atoms with Crippen LogP contribution in [0.15, 0.2) is 0 Å². The monoisotopic (exact) mass is 405 g/mol. The maximum atomic E-state index is 12.4. The third-order valence-corrected chi connectivity index (χ3v) is 10.3. The zero-order valence-electron chi connectivity index (χ0n) is 19.5. The van der Waals surface area contributed by atoms with Crippen LogP contribution in [0.3, 0.4) is 0 Å². The van der Waals surface area contributed by atoms with Crippen LogP contribution in [0, 0.1) is 40.4 Å². The summed E-state index contributed by atoms with van der Waals surface area (Å²) in [5.74, 6) is 3.31. The minimum absolute atomic E-state index is 0.0607. The van der Waals surface area contributed by atoms with Crippen molar-refractivity contribution in [2.45, 2.75) is 97.5 Å². The summed E-state index contributed by atoms with van der Waals surface area (Å²) in [7, 11) is 4.14. The Kier molecular flexibility index (Phi) is 5.71. The van der Waals surface area contributed by atoms with Crippen molar-refractivity contribution in [3.63, 3.8) is 0 Å². The normalized spacial score (nSPS) is 50.6. The number of hydrogen-bond donors (Lipinski definition) is 1. The van der Waals surface area contributed by atoms with Gasteiger partial charge >= 0.3 is 0 Å². The lowest BCUT2D eigenvalue weighted by Gasteiger charge is -2.63. The molecule has 0 aromatic rings. The molecular weight excluding hydrogens is 362 g/mol. The minimum atomic E-state index is -0.230. The van der Waals surface area contributed by atoms with E-state index in [1.54, 1.807) is 0 Å². The summed E-state index contributed by atoms with van der Waals surface area (Å²) in [5.41, 5.74) is 0.347. The van der Waals surface area contributed by atoms with Crippen LogP contribution < -0.4 is 0 Å². The fraction of sp³-hybridized carbons (Fsp3) is 0.960. The van der Waals surface area contributed by atoms with E-state index in [1.165, 1.54) is 32.1 Å². The number of rotatable bonds is 4. The van der Waals surface area contributed by atoms with E-state index in [-0.39, 0.29) is 35.2 Å². The molecule has 0 aromatic heterocycles. The van der Waals surface area contributed by atoms with Gasteiger partial charge in [-0.2, -0.15) is 0 Å². The number of hydrogen-bond acceptors (Lipinski definition) is 4. The fourth-order valence-electron chi connectivity index (χ4n) is 8.50. The summed E-state index contributed by atoms with van der Waals surface area (Å²) in [6, 6.07) is 0. The van der Waals surface area contributed by atoms with Gasteiger partial charge in [-0.25, -0.2) is 0 Å². The van der Waals surface area contributed by atoms with E-state index >= 15 is 0 Å². The maximum Gasteiger partial charge on any atom is 0.133 e. The van der Waals surface area contributed by atoms with Crippen molar-refractivity contribution in [2.24, 2.45) is 40.4 Å². The van der Waals surface area contributed by atoms with Crippen LogP contribution in [0.4, 0.5) is 0 Å². The number of ether oxygens (including phenoxy) is 1. The van der Waals surface area contributed by atoms with Crippen molar-refractivity contribution < 1.29 is 14.6 Å². The first-order chi connectivity index (χ1) is 13.6. The number of ketones is 1. The number of carbonyl (C=O) groups is 1. The lowest BCUT2D eigenvalue weighted by atomic mass is 9.44. The molecule has 29 heavy (non-hydrogen) atoms. The standard InChI is InChI=1S/C25H43NO3/c1-15(27)20-9-10-21-19-8-7-17-13-18(28)14-23(29-16(2)26(5)6)25(17,4)22(19)11-12-24(20,21)3/h16-23,28H,7-14H2,1-6H3/t16?,17-,18-,19-,20+,21-,22-,23?,24+,25-/m0/s1. The van der Waals surface area contributed by atoms with Crippen molar-refractivity contribution in [1.82, 2.24) is 4.90 Å². The summed E-state index contributed by atoms with van der Waals surface area (Å²) in [5, 5.41) is 10.6. The Morgan fingerprint density at radius 1 is 1.07 bits per heavy atom. The quantitative estimate of drug-likeness (QED) is 0.700. The van der Waals surface area contributed by atoms with Gasteiger partial charge in [0.1, 0.15) is 12.0 Å². The van der Waals surface area contributed by atoms with Gasteiger partial charge in [-0.05, 0) is 107 Å². The highest BCUT2D eigenvalue weighted by molar-refractivity contribution is 5.79. The minimum Gasteiger partial charge on any atom is -0.393 e. The maximum absolute atomic E-state index is 12.4. The first-order valence-corrected chi connectivity index (χ1v) is 12.1. The highest BCUT2D eigenvalue weighted by Gasteiger charge is 2.63. The molecule has 166 valence electrons. The average Bonchev–Trinajstić information content (AvgIpc) is 3.00. The average molecular weight is 406 g/mol. The van der Waals surface area contributed by atoms with Gasteiger partial charge in [-0.1, -0.05) is 13.8 Å². The Morgan fingerprint density at radius 2 is 1.79 bits per heavy atom. The Labute approximate surface area is 177 Å². The van der Waals surface area contributed by atoms with E-state index < -0.39 is 0 Å². The van der Waals surface area contributed by atoms with Crippen molar-refractivity contribution in [3.8, 4) is 0 Å². The molecule has 0 aliphatic heterocycles. The molecule has 10 atom stereocenters. The second kappa shape index (κ2) is 7.60. The van der Waals surface area contributed by atoms with Gasteiger partial charge in [0.05, 0.1) is 12.2 Å². The van der Waals surface area contributed by atoms with Crippen molar-refractivity contribution in [3.05, 3.63) is 0 Å². The molecule has 0 aromatic carbocycles. The number of carbonyl (C=O) groups excluding carboxylic acids is 1. The second-order valence-corrected chi connectivity index (χ2v) is 11.6. The van der Waals surface area contributed by atoms with Gasteiger partial charge < -0.3 is 9.84 Å². The summed E-state index contributed by atoms with van der Waals surface area (Å²) in [6.07, 6.45) is 8.88. The number of aliphatic hydroxyl groups is 1. The summed E-state index contributed by atoms with van der Waals surface area (Å²) in [4.78, 5) is 14.5. The van der Waals surface area contributed by atoms with Crippen LogP contribution in [-0.2, 0) is 9.53 Å². The summed E-state index contributed by atoms with van der Waals surface area (Å²) < 4.78 is 6.65. The highest BCUT2D eigenvalue weighted by Crippen LogP contribution is 2.67. The molecule has 0 spiro atoms. The summed E-state index contributed by atoms with van der Waals surface area (Å²) in [6.45, 7) is 8.87. The zero-order valence-corrected chi connectivity index (χ0v) is 19.5. The molecule has 0 bridgehead atoms. The van der Waals surface area contributed by atoms with Crippen LogP contribution in [0.5, 0.6) is 0 Å². The topological polar surface area (TPSA) is 49.8 Å². The van der Waals surface area contributed by atoms with Crippen LogP contribution in [0.2, 0.25) is 0 Å². The molecule has 4 aliphatic rings. The summed E-state index contributed by atoms with van der Waals surface area (Å²) >= 11 is 0. The SMILES string of the molecule is CC(=O)[C@H]1CC[C@H]2[C@@H]3CC[C@H]4C[C@H](O)CC(OC(C)N(C)C)[C@]4(C)[C@H]3CC[C@]12C. The van der Waals surface area contributed by atoms with Crippen molar-refractivity contribution in [2.75, 3.05) is 14.1 Å². The first-order valence-electron chi connectivity index (χ1n) is 12.1. The smallest absolute Gasteiger partial charge is 0.133 e. The molecule has 4 fully saturated rings. The number of Topliss-reactive ketones (excluding diaryl/α,β-unsaturated/α-hetero) is 1. The Hall–Kier alpha value is -0.450. The van der Waals surface area contributed by atoms with E-state index in [1.807, 2.05) is 6.92 Å². The Balaban J connectivity index is 1.63. The third kappa shape index (κ3) is 3.32. The third-order valence-electron chi connectivity index (χ3n) is 10.3. The van der Waals surface area contributed by atoms with Crippen molar-refractivity contribution >= 4 is 5.78 Å². The molecule has 0 heterocycles. The van der Waals surface area contributed by atoms with Crippen LogP contribution in [-0.4, -0.2) is 48.3 Å². The molecule has 0 saturated heterocycles. The van der Waals surface area contributed by atoms with Gasteiger partial charge in [0.15, 0.2) is 0 Å². The molecule has 4 nitrogen and oxygen atoms in total. The molecule has 0 amide bonds. The number of fused-ring (bicyclic) bond motifs is 5.